The van der Waals surface area contributed by atoms with E-state index in [0.717, 1.165) is 31.2 Å². The minimum atomic E-state index is -0.921. The zero-order valence-corrected chi connectivity index (χ0v) is 12.3. The number of fused-ring (bicyclic) bond motifs is 1. The fourth-order valence-corrected chi connectivity index (χ4v) is 3.42. The summed E-state index contributed by atoms with van der Waals surface area (Å²) < 4.78 is 5.28. The van der Waals surface area contributed by atoms with E-state index in [9.17, 15) is 9.90 Å². The highest BCUT2D eigenvalue weighted by molar-refractivity contribution is 5.78. The highest BCUT2D eigenvalue weighted by Crippen LogP contribution is 2.34. The van der Waals surface area contributed by atoms with Crippen molar-refractivity contribution < 1.29 is 14.6 Å². The number of hydrogen-bond donors (Lipinski definition) is 2. The molecule has 1 aromatic rings. The lowest BCUT2D eigenvalue weighted by Crippen LogP contribution is -2.45. The third kappa shape index (κ3) is 3.11. The first kappa shape index (κ1) is 14.5. The summed E-state index contributed by atoms with van der Waals surface area (Å²) in [5.41, 5.74) is 1.26. The summed E-state index contributed by atoms with van der Waals surface area (Å²) in [6.07, 6.45) is 4.23. The summed E-state index contributed by atoms with van der Waals surface area (Å²) >= 11 is 0. The van der Waals surface area contributed by atoms with Crippen molar-refractivity contribution >= 4 is 5.91 Å². The molecule has 0 aromatic heterocycles. The zero-order chi connectivity index (χ0) is 14.7. The third-order valence-electron chi connectivity index (χ3n) is 4.70. The Bertz CT molecular complexity index is 511. The molecule has 1 amide bonds. The van der Waals surface area contributed by atoms with Gasteiger partial charge in [-0.15, -0.1) is 0 Å². The van der Waals surface area contributed by atoms with Crippen molar-refractivity contribution in [3.8, 4) is 0 Å². The van der Waals surface area contributed by atoms with Crippen LogP contribution in [0, 0.1) is 5.92 Å². The SMILES string of the molecule is O=C(NCC1(O)CCCc2ccccc21)C1CCOCC1. The molecule has 0 spiro atoms. The minimum absolute atomic E-state index is 0.0289. The van der Waals surface area contributed by atoms with Crippen LogP contribution in [0.1, 0.15) is 36.8 Å². The van der Waals surface area contributed by atoms with Crippen LogP contribution in [0.3, 0.4) is 0 Å². The number of carbonyl (C=O) groups excluding carboxylic acids is 1. The van der Waals surface area contributed by atoms with Gasteiger partial charge in [0.15, 0.2) is 0 Å². The van der Waals surface area contributed by atoms with E-state index in [1.165, 1.54) is 5.56 Å². The quantitative estimate of drug-likeness (QED) is 0.891. The van der Waals surface area contributed by atoms with E-state index in [4.69, 9.17) is 4.74 Å². The average molecular weight is 289 g/mol. The fourth-order valence-electron chi connectivity index (χ4n) is 3.42. The van der Waals surface area contributed by atoms with Gasteiger partial charge in [-0.1, -0.05) is 24.3 Å². The van der Waals surface area contributed by atoms with Gasteiger partial charge in [-0.2, -0.15) is 0 Å². The highest BCUT2D eigenvalue weighted by Gasteiger charge is 2.35. The van der Waals surface area contributed by atoms with Crippen molar-refractivity contribution in [3.63, 3.8) is 0 Å². The maximum absolute atomic E-state index is 12.2. The van der Waals surface area contributed by atoms with Crippen molar-refractivity contribution in [1.29, 1.82) is 0 Å². The molecule has 1 saturated heterocycles. The predicted octanol–water partition coefficient (Wildman–Crippen LogP) is 1.75. The standard InChI is InChI=1S/C17H23NO3/c19-16(14-7-10-21-11-8-14)18-12-17(20)9-3-5-13-4-1-2-6-15(13)17/h1-2,4,6,14,20H,3,5,7-12H2,(H,18,19). The molecule has 1 heterocycles. The summed E-state index contributed by atoms with van der Waals surface area (Å²) in [4.78, 5) is 12.2. The summed E-state index contributed by atoms with van der Waals surface area (Å²) in [5.74, 6) is 0.0796. The van der Waals surface area contributed by atoms with E-state index in [0.29, 0.717) is 26.2 Å². The van der Waals surface area contributed by atoms with E-state index >= 15 is 0 Å². The second kappa shape index (κ2) is 6.16. The van der Waals surface area contributed by atoms with Crippen molar-refractivity contribution in [3.05, 3.63) is 35.4 Å². The van der Waals surface area contributed by atoms with E-state index in [2.05, 4.69) is 11.4 Å². The Balaban J connectivity index is 1.66. The Morgan fingerprint density at radius 1 is 1.33 bits per heavy atom. The molecule has 3 rings (SSSR count). The normalized spacial score (nSPS) is 26.1. The summed E-state index contributed by atoms with van der Waals surface area (Å²) in [5, 5.41) is 13.9. The summed E-state index contributed by atoms with van der Waals surface area (Å²) in [6, 6.07) is 8.01. The molecule has 1 fully saturated rings. The number of carbonyl (C=O) groups is 1. The number of hydrogen-bond acceptors (Lipinski definition) is 3. The highest BCUT2D eigenvalue weighted by atomic mass is 16.5. The number of ether oxygens (including phenoxy) is 1. The lowest BCUT2D eigenvalue weighted by Gasteiger charge is -2.35. The van der Waals surface area contributed by atoms with Crippen LogP contribution < -0.4 is 5.32 Å². The fraction of sp³-hybridized carbons (Fsp3) is 0.588. The van der Waals surface area contributed by atoms with Crippen LogP contribution in [0.2, 0.25) is 0 Å². The number of rotatable bonds is 3. The number of amides is 1. The lowest BCUT2D eigenvalue weighted by atomic mass is 9.79. The van der Waals surface area contributed by atoms with E-state index in [-0.39, 0.29) is 11.8 Å². The maximum Gasteiger partial charge on any atom is 0.223 e. The number of nitrogens with one attached hydrogen (secondary N) is 1. The van der Waals surface area contributed by atoms with Gasteiger partial charge in [-0.25, -0.2) is 0 Å². The maximum atomic E-state index is 12.2. The second-order valence-corrected chi connectivity index (χ2v) is 6.15. The first-order valence-electron chi connectivity index (χ1n) is 7.85. The van der Waals surface area contributed by atoms with Crippen molar-refractivity contribution in [2.45, 2.75) is 37.7 Å². The largest absolute Gasteiger partial charge is 0.383 e. The van der Waals surface area contributed by atoms with Gasteiger partial charge in [0.1, 0.15) is 5.60 Å². The Morgan fingerprint density at radius 3 is 2.90 bits per heavy atom. The molecule has 1 aliphatic heterocycles. The first-order valence-corrected chi connectivity index (χ1v) is 7.85. The molecule has 1 aromatic carbocycles. The number of benzene rings is 1. The van der Waals surface area contributed by atoms with Crippen LogP contribution in [0.4, 0.5) is 0 Å². The zero-order valence-electron chi connectivity index (χ0n) is 12.3. The summed E-state index contributed by atoms with van der Waals surface area (Å²) in [7, 11) is 0. The molecule has 2 aliphatic rings. The molecule has 1 aliphatic carbocycles. The van der Waals surface area contributed by atoms with Gasteiger partial charge >= 0.3 is 0 Å². The monoisotopic (exact) mass is 289 g/mol. The van der Waals surface area contributed by atoms with Gasteiger partial charge in [-0.3, -0.25) is 4.79 Å². The van der Waals surface area contributed by atoms with Gasteiger partial charge in [0.2, 0.25) is 5.91 Å². The van der Waals surface area contributed by atoms with E-state index in [1.807, 2.05) is 18.2 Å². The van der Waals surface area contributed by atoms with Gasteiger partial charge in [0, 0.05) is 19.1 Å². The number of aliphatic hydroxyl groups is 1. The number of aryl methyl sites for hydroxylation is 1. The van der Waals surface area contributed by atoms with Crippen LogP contribution >= 0.6 is 0 Å². The molecule has 4 heteroatoms. The van der Waals surface area contributed by atoms with Gasteiger partial charge in [-0.05, 0) is 43.2 Å². The van der Waals surface area contributed by atoms with Gasteiger partial charge in [0.25, 0.3) is 0 Å². The lowest BCUT2D eigenvalue weighted by molar-refractivity contribution is -0.129. The Hall–Kier alpha value is -1.39. The molecular formula is C17H23NO3. The summed E-state index contributed by atoms with van der Waals surface area (Å²) in [6.45, 7) is 1.62. The molecule has 4 nitrogen and oxygen atoms in total. The third-order valence-corrected chi connectivity index (χ3v) is 4.70. The minimum Gasteiger partial charge on any atom is -0.383 e. The van der Waals surface area contributed by atoms with Crippen molar-refractivity contribution in [1.82, 2.24) is 5.32 Å². The van der Waals surface area contributed by atoms with Crippen LogP contribution in [-0.2, 0) is 21.6 Å². The Morgan fingerprint density at radius 2 is 2.10 bits per heavy atom. The molecule has 21 heavy (non-hydrogen) atoms. The predicted molar refractivity (Wildman–Crippen MR) is 79.8 cm³/mol. The van der Waals surface area contributed by atoms with Crippen LogP contribution in [0.25, 0.3) is 0 Å². The molecule has 2 N–H and O–H groups in total. The molecule has 0 saturated carbocycles. The van der Waals surface area contributed by atoms with E-state index < -0.39 is 5.60 Å². The molecule has 0 radical (unpaired) electrons. The Kier molecular flexibility index (Phi) is 4.27. The van der Waals surface area contributed by atoms with Crippen molar-refractivity contribution in [2.75, 3.05) is 19.8 Å². The molecule has 0 bridgehead atoms. The first-order chi connectivity index (χ1) is 10.2. The smallest absolute Gasteiger partial charge is 0.223 e. The Labute approximate surface area is 125 Å². The van der Waals surface area contributed by atoms with Crippen LogP contribution in [-0.4, -0.2) is 30.8 Å². The molecule has 1 unspecified atom stereocenters. The molecular weight excluding hydrogens is 266 g/mol. The molecule has 114 valence electrons. The molecule has 1 atom stereocenters. The topological polar surface area (TPSA) is 58.6 Å². The second-order valence-electron chi connectivity index (χ2n) is 6.15. The average Bonchev–Trinajstić information content (AvgIpc) is 2.54. The van der Waals surface area contributed by atoms with Crippen LogP contribution in [0.5, 0.6) is 0 Å². The van der Waals surface area contributed by atoms with Crippen molar-refractivity contribution in [2.24, 2.45) is 5.92 Å². The van der Waals surface area contributed by atoms with Gasteiger partial charge in [0.05, 0.1) is 6.54 Å². The van der Waals surface area contributed by atoms with E-state index in [1.54, 1.807) is 0 Å². The van der Waals surface area contributed by atoms with Crippen LogP contribution in [0.15, 0.2) is 24.3 Å². The van der Waals surface area contributed by atoms with Gasteiger partial charge < -0.3 is 15.2 Å².